The molecule has 2 rings (SSSR count). The van der Waals surface area contributed by atoms with Crippen molar-refractivity contribution in [1.82, 2.24) is 10.6 Å². The number of hydrogen-bond donors (Lipinski definition) is 2. The normalized spacial score (nSPS) is 34.2. The molecule has 2 aliphatic rings. The lowest BCUT2D eigenvalue weighted by molar-refractivity contribution is 0.247. The fourth-order valence-corrected chi connectivity index (χ4v) is 3.25. The van der Waals surface area contributed by atoms with Crippen LogP contribution in [-0.4, -0.2) is 25.2 Å². The molecule has 0 aromatic carbocycles. The Morgan fingerprint density at radius 2 is 1.33 bits per heavy atom. The highest BCUT2D eigenvalue weighted by Gasteiger charge is 2.26. The minimum atomic E-state index is 0.723. The Kier molecular flexibility index (Phi) is 4.45. The molecule has 2 atom stereocenters. The average Bonchev–Trinajstić information content (AvgIpc) is 2.31. The summed E-state index contributed by atoms with van der Waals surface area (Å²) in [7, 11) is 2.12. The summed E-state index contributed by atoms with van der Waals surface area (Å²) in [5, 5.41) is 7.38. The lowest BCUT2D eigenvalue weighted by Gasteiger charge is -2.36. The van der Waals surface area contributed by atoms with Crippen LogP contribution in [0.5, 0.6) is 0 Å². The number of rotatable bonds is 3. The summed E-state index contributed by atoms with van der Waals surface area (Å²) in [6.45, 7) is 0. The summed E-state index contributed by atoms with van der Waals surface area (Å²) < 4.78 is 0. The van der Waals surface area contributed by atoms with Gasteiger partial charge < -0.3 is 10.6 Å². The maximum absolute atomic E-state index is 3.90. The second-order valence-electron chi connectivity index (χ2n) is 5.29. The van der Waals surface area contributed by atoms with E-state index in [0.717, 1.165) is 18.1 Å². The zero-order valence-corrected chi connectivity index (χ0v) is 10.1. The summed E-state index contributed by atoms with van der Waals surface area (Å²) in [5.74, 6) is 0. The van der Waals surface area contributed by atoms with Gasteiger partial charge in [-0.3, -0.25) is 0 Å². The van der Waals surface area contributed by atoms with Crippen molar-refractivity contribution in [3.63, 3.8) is 0 Å². The van der Waals surface area contributed by atoms with Gasteiger partial charge in [-0.25, -0.2) is 0 Å². The summed E-state index contributed by atoms with van der Waals surface area (Å²) in [4.78, 5) is 0. The molecular weight excluding hydrogens is 184 g/mol. The third-order valence-electron chi connectivity index (χ3n) is 4.19. The molecule has 2 heteroatoms. The molecular formula is C13H26N2. The first-order chi connectivity index (χ1) is 7.40. The van der Waals surface area contributed by atoms with Gasteiger partial charge in [0, 0.05) is 18.1 Å². The number of likely N-dealkylation sites (N-methyl/N-ethyl adjacent to an activating group) is 1. The highest BCUT2D eigenvalue weighted by Crippen LogP contribution is 2.23. The zero-order chi connectivity index (χ0) is 10.5. The minimum absolute atomic E-state index is 0.723. The summed E-state index contributed by atoms with van der Waals surface area (Å²) in [5.41, 5.74) is 0. The highest BCUT2D eigenvalue weighted by atomic mass is 15.0. The summed E-state index contributed by atoms with van der Waals surface area (Å²) >= 11 is 0. The van der Waals surface area contributed by atoms with Crippen molar-refractivity contribution >= 4 is 0 Å². The molecule has 15 heavy (non-hydrogen) atoms. The second-order valence-corrected chi connectivity index (χ2v) is 5.29. The van der Waals surface area contributed by atoms with Crippen LogP contribution in [0.3, 0.4) is 0 Å². The maximum Gasteiger partial charge on any atom is 0.0223 e. The predicted octanol–water partition coefficient (Wildman–Crippen LogP) is 2.44. The van der Waals surface area contributed by atoms with Crippen LogP contribution >= 0.6 is 0 Å². The van der Waals surface area contributed by atoms with Crippen molar-refractivity contribution in [3.05, 3.63) is 0 Å². The van der Waals surface area contributed by atoms with Crippen LogP contribution in [-0.2, 0) is 0 Å². The Balaban J connectivity index is 1.79. The SMILES string of the molecule is CNC1CCCCC1NC1CCCCC1. The van der Waals surface area contributed by atoms with E-state index < -0.39 is 0 Å². The van der Waals surface area contributed by atoms with E-state index in [1.165, 1.54) is 57.8 Å². The summed E-state index contributed by atoms with van der Waals surface area (Å²) in [6, 6.07) is 2.28. The van der Waals surface area contributed by atoms with Crippen molar-refractivity contribution in [1.29, 1.82) is 0 Å². The van der Waals surface area contributed by atoms with E-state index in [-0.39, 0.29) is 0 Å². The van der Waals surface area contributed by atoms with E-state index in [9.17, 15) is 0 Å². The Hall–Kier alpha value is -0.0800. The van der Waals surface area contributed by atoms with Gasteiger partial charge in [0.2, 0.25) is 0 Å². The monoisotopic (exact) mass is 210 g/mol. The quantitative estimate of drug-likeness (QED) is 0.747. The smallest absolute Gasteiger partial charge is 0.0223 e. The molecule has 0 amide bonds. The largest absolute Gasteiger partial charge is 0.315 e. The van der Waals surface area contributed by atoms with E-state index in [1.54, 1.807) is 0 Å². The van der Waals surface area contributed by atoms with Gasteiger partial charge in [0.15, 0.2) is 0 Å². The molecule has 2 aliphatic carbocycles. The molecule has 0 aliphatic heterocycles. The van der Waals surface area contributed by atoms with Crippen molar-refractivity contribution in [3.8, 4) is 0 Å². The minimum Gasteiger partial charge on any atom is -0.315 e. The molecule has 0 aromatic heterocycles. The molecule has 0 aromatic rings. The molecule has 0 spiro atoms. The summed E-state index contributed by atoms with van der Waals surface area (Å²) in [6.07, 6.45) is 12.7. The van der Waals surface area contributed by atoms with E-state index in [0.29, 0.717) is 0 Å². The Morgan fingerprint density at radius 1 is 0.733 bits per heavy atom. The van der Waals surface area contributed by atoms with Gasteiger partial charge in [-0.1, -0.05) is 32.1 Å². The maximum atomic E-state index is 3.90. The first-order valence-corrected chi connectivity index (χ1v) is 6.83. The molecule has 0 radical (unpaired) electrons. The topological polar surface area (TPSA) is 24.1 Å². The Labute approximate surface area is 94.2 Å². The van der Waals surface area contributed by atoms with Gasteiger partial charge in [-0.05, 0) is 32.7 Å². The predicted molar refractivity (Wildman–Crippen MR) is 65.1 cm³/mol. The first-order valence-electron chi connectivity index (χ1n) is 6.83. The lowest BCUT2D eigenvalue weighted by atomic mass is 9.88. The highest BCUT2D eigenvalue weighted by molar-refractivity contribution is 4.88. The van der Waals surface area contributed by atoms with Gasteiger partial charge in [-0.15, -0.1) is 0 Å². The third kappa shape index (κ3) is 3.18. The van der Waals surface area contributed by atoms with Crippen molar-refractivity contribution in [2.75, 3.05) is 7.05 Å². The van der Waals surface area contributed by atoms with Crippen molar-refractivity contribution in [2.24, 2.45) is 0 Å². The van der Waals surface area contributed by atoms with Crippen LogP contribution in [0.4, 0.5) is 0 Å². The van der Waals surface area contributed by atoms with Gasteiger partial charge in [-0.2, -0.15) is 0 Å². The first kappa shape index (κ1) is 11.4. The van der Waals surface area contributed by atoms with Crippen LogP contribution in [0, 0.1) is 0 Å². The van der Waals surface area contributed by atoms with Gasteiger partial charge >= 0.3 is 0 Å². The van der Waals surface area contributed by atoms with Crippen LogP contribution in [0.1, 0.15) is 57.8 Å². The van der Waals surface area contributed by atoms with E-state index in [4.69, 9.17) is 0 Å². The average molecular weight is 210 g/mol. The van der Waals surface area contributed by atoms with Crippen molar-refractivity contribution < 1.29 is 0 Å². The number of hydrogen-bond acceptors (Lipinski definition) is 2. The number of nitrogens with one attached hydrogen (secondary N) is 2. The van der Waals surface area contributed by atoms with Crippen LogP contribution < -0.4 is 10.6 Å². The standard InChI is InChI=1S/C13H26N2/c1-14-12-9-5-6-10-13(12)15-11-7-3-2-4-8-11/h11-15H,2-10H2,1H3. The van der Waals surface area contributed by atoms with Crippen LogP contribution in [0.2, 0.25) is 0 Å². The van der Waals surface area contributed by atoms with Crippen LogP contribution in [0.25, 0.3) is 0 Å². The molecule has 88 valence electrons. The molecule has 2 unspecified atom stereocenters. The second kappa shape index (κ2) is 5.86. The van der Waals surface area contributed by atoms with Crippen molar-refractivity contribution in [2.45, 2.75) is 75.9 Å². The third-order valence-corrected chi connectivity index (χ3v) is 4.19. The Morgan fingerprint density at radius 3 is 2.00 bits per heavy atom. The molecule has 2 nitrogen and oxygen atoms in total. The molecule has 2 saturated carbocycles. The van der Waals surface area contributed by atoms with Crippen LogP contribution in [0.15, 0.2) is 0 Å². The molecule has 2 fully saturated rings. The van der Waals surface area contributed by atoms with Gasteiger partial charge in [0.25, 0.3) is 0 Å². The fourth-order valence-electron chi connectivity index (χ4n) is 3.25. The van der Waals surface area contributed by atoms with Gasteiger partial charge in [0.1, 0.15) is 0 Å². The molecule has 0 heterocycles. The molecule has 2 N–H and O–H groups in total. The van der Waals surface area contributed by atoms with E-state index >= 15 is 0 Å². The lowest BCUT2D eigenvalue weighted by Crippen LogP contribution is -2.52. The zero-order valence-electron chi connectivity index (χ0n) is 10.1. The van der Waals surface area contributed by atoms with E-state index in [1.807, 2.05) is 0 Å². The molecule has 0 saturated heterocycles. The van der Waals surface area contributed by atoms with Gasteiger partial charge in [0.05, 0.1) is 0 Å². The molecule has 0 bridgehead atoms. The fraction of sp³-hybridized carbons (Fsp3) is 1.00. The Bertz CT molecular complexity index is 175. The van der Waals surface area contributed by atoms with E-state index in [2.05, 4.69) is 17.7 Å².